The molecule has 29 heavy (non-hydrogen) atoms. The third-order valence-corrected chi connectivity index (χ3v) is 5.34. The van der Waals surface area contributed by atoms with Crippen LogP contribution in [0.3, 0.4) is 0 Å². The number of non-ortho nitro benzene ring substituents is 1. The SMILES string of the molecule is COCCOc1ncc(NC(=O)C2(c3ccc([N+](=O)[O-])cc3)CCCC2)cc1C. The minimum Gasteiger partial charge on any atom is -0.475 e. The van der Waals surface area contributed by atoms with E-state index in [1.807, 2.05) is 13.0 Å². The number of nitro benzene ring substituents is 1. The molecule has 1 N–H and O–H groups in total. The molecule has 1 aromatic heterocycles. The second-order valence-electron chi connectivity index (χ2n) is 7.23. The Bertz CT molecular complexity index is 876. The fraction of sp³-hybridized carbons (Fsp3) is 0.429. The Kier molecular flexibility index (Phi) is 6.43. The van der Waals surface area contributed by atoms with E-state index in [9.17, 15) is 14.9 Å². The average molecular weight is 399 g/mol. The standard InChI is InChI=1S/C21H25N3O5/c1-15-13-17(14-22-19(15)29-12-11-28-2)23-20(25)21(9-3-4-10-21)16-5-7-18(8-6-16)24(26)27/h5-8,13-14H,3-4,9-12H2,1-2H3,(H,23,25). The minimum absolute atomic E-state index is 0.0196. The number of pyridine rings is 1. The van der Waals surface area contributed by atoms with Gasteiger partial charge < -0.3 is 14.8 Å². The van der Waals surface area contributed by atoms with Crippen LogP contribution in [0.2, 0.25) is 0 Å². The van der Waals surface area contributed by atoms with Gasteiger partial charge >= 0.3 is 0 Å². The molecule has 1 aliphatic carbocycles. The Morgan fingerprint density at radius 1 is 1.24 bits per heavy atom. The zero-order chi connectivity index (χ0) is 20.9. The highest BCUT2D eigenvalue weighted by molar-refractivity contribution is 5.99. The van der Waals surface area contributed by atoms with E-state index in [-0.39, 0.29) is 11.6 Å². The quantitative estimate of drug-likeness (QED) is 0.412. The predicted octanol–water partition coefficient (Wildman–Crippen LogP) is 3.77. The van der Waals surface area contributed by atoms with Crippen LogP contribution in [0.15, 0.2) is 36.5 Å². The van der Waals surface area contributed by atoms with Crippen LogP contribution in [0, 0.1) is 17.0 Å². The first-order valence-corrected chi connectivity index (χ1v) is 9.61. The Morgan fingerprint density at radius 3 is 2.52 bits per heavy atom. The Labute approximate surface area is 169 Å². The van der Waals surface area contributed by atoms with E-state index in [2.05, 4.69) is 10.3 Å². The molecule has 2 aromatic rings. The molecule has 1 saturated carbocycles. The maximum Gasteiger partial charge on any atom is 0.269 e. The second kappa shape index (κ2) is 9.00. The highest BCUT2D eigenvalue weighted by Crippen LogP contribution is 2.42. The van der Waals surface area contributed by atoms with Crippen LogP contribution in [0.4, 0.5) is 11.4 Å². The summed E-state index contributed by atoms with van der Waals surface area (Å²) in [7, 11) is 1.60. The molecule has 1 aliphatic rings. The minimum atomic E-state index is -0.684. The maximum absolute atomic E-state index is 13.2. The van der Waals surface area contributed by atoms with Crippen LogP contribution >= 0.6 is 0 Å². The molecule has 1 fully saturated rings. The van der Waals surface area contributed by atoms with Gasteiger partial charge in [0.25, 0.3) is 5.69 Å². The summed E-state index contributed by atoms with van der Waals surface area (Å²) < 4.78 is 10.5. The number of ether oxygens (including phenoxy) is 2. The van der Waals surface area contributed by atoms with Crippen LogP contribution < -0.4 is 10.1 Å². The first-order chi connectivity index (χ1) is 14.0. The molecule has 1 heterocycles. The summed E-state index contributed by atoms with van der Waals surface area (Å²) in [6.07, 6.45) is 4.87. The van der Waals surface area contributed by atoms with Crippen molar-refractivity contribution in [2.45, 2.75) is 38.0 Å². The number of nitro groups is 1. The number of nitrogens with zero attached hydrogens (tertiary/aromatic N) is 2. The first kappa shape index (κ1) is 20.7. The Balaban J connectivity index is 1.78. The molecular formula is C21H25N3O5. The van der Waals surface area contributed by atoms with Gasteiger partial charge in [0.2, 0.25) is 11.8 Å². The molecule has 3 rings (SSSR count). The number of carbonyl (C=O) groups excluding carboxylic acids is 1. The molecule has 0 saturated heterocycles. The summed E-state index contributed by atoms with van der Waals surface area (Å²) in [5, 5.41) is 13.9. The fourth-order valence-corrected chi connectivity index (χ4v) is 3.78. The lowest BCUT2D eigenvalue weighted by atomic mass is 9.78. The normalized spacial score (nSPS) is 15.1. The van der Waals surface area contributed by atoms with Crippen molar-refractivity contribution >= 4 is 17.3 Å². The van der Waals surface area contributed by atoms with Crippen molar-refractivity contribution < 1.29 is 19.2 Å². The average Bonchev–Trinajstić information content (AvgIpc) is 3.21. The lowest BCUT2D eigenvalue weighted by Crippen LogP contribution is -2.38. The number of anilines is 1. The van der Waals surface area contributed by atoms with Gasteiger partial charge in [-0.1, -0.05) is 25.0 Å². The summed E-state index contributed by atoms with van der Waals surface area (Å²) in [5.41, 5.74) is 1.56. The van der Waals surface area contributed by atoms with Gasteiger partial charge in [-0.25, -0.2) is 4.98 Å². The number of aryl methyl sites for hydroxylation is 1. The number of amides is 1. The monoisotopic (exact) mass is 399 g/mol. The third kappa shape index (κ3) is 4.54. The highest BCUT2D eigenvalue weighted by Gasteiger charge is 2.42. The zero-order valence-corrected chi connectivity index (χ0v) is 16.6. The summed E-state index contributed by atoms with van der Waals surface area (Å²) >= 11 is 0. The number of hydrogen-bond donors (Lipinski definition) is 1. The van der Waals surface area contributed by atoms with E-state index in [1.54, 1.807) is 25.4 Å². The Morgan fingerprint density at radius 2 is 1.93 bits per heavy atom. The third-order valence-electron chi connectivity index (χ3n) is 5.34. The van der Waals surface area contributed by atoms with Crippen LogP contribution in [-0.2, 0) is 14.9 Å². The summed E-state index contributed by atoms with van der Waals surface area (Å²) in [4.78, 5) is 28.0. The first-order valence-electron chi connectivity index (χ1n) is 9.61. The molecule has 154 valence electrons. The lowest BCUT2D eigenvalue weighted by Gasteiger charge is -2.28. The van der Waals surface area contributed by atoms with Crippen molar-refractivity contribution in [3.05, 3.63) is 57.8 Å². The molecule has 0 aliphatic heterocycles. The van der Waals surface area contributed by atoms with Crippen LogP contribution in [0.5, 0.6) is 5.88 Å². The van der Waals surface area contributed by atoms with E-state index >= 15 is 0 Å². The maximum atomic E-state index is 13.2. The van der Waals surface area contributed by atoms with E-state index in [4.69, 9.17) is 9.47 Å². The molecule has 8 heteroatoms. The van der Waals surface area contributed by atoms with Crippen molar-refractivity contribution in [2.24, 2.45) is 0 Å². The zero-order valence-electron chi connectivity index (χ0n) is 16.6. The summed E-state index contributed by atoms with van der Waals surface area (Å²) in [5.74, 6) is 0.393. The van der Waals surface area contributed by atoms with Crippen molar-refractivity contribution in [1.82, 2.24) is 4.98 Å². The van der Waals surface area contributed by atoms with E-state index in [0.717, 1.165) is 24.0 Å². The molecule has 8 nitrogen and oxygen atoms in total. The van der Waals surface area contributed by atoms with Crippen molar-refractivity contribution in [3.8, 4) is 5.88 Å². The second-order valence-corrected chi connectivity index (χ2v) is 7.23. The number of nitrogens with one attached hydrogen (secondary N) is 1. The topological polar surface area (TPSA) is 104 Å². The van der Waals surface area contributed by atoms with Crippen LogP contribution in [0.25, 0.3) is 0 Å². The number of hydrogen-bond acceptors (Lipinski definition) is 6. The van der Waals surface area contributed by atoms with Gasteiger partial charge in [-0.3, -0.25) is 14.9 Å². The van der Waals surface area contributed by atoms with Crippen LogP contribution in [-0.4, -0.2) is 36.1 Å². The molecule has 1 amide bonds. The van der Waals surface area contributed by atoms with Crippen molar-refractivity contribution in [2.75, 3.05) is 25.6 Å². The van der Waals surface area contributed by atoms with Crippen molar-refractivity contribution in [3.63, 3.8) is 0 Å². The number of benzene rings is 1. The molecule has 0 radical (unpaired) electrons. The predicted molar refractivity (Wildman–Crippen MR) is 108 cm³/mol. The molecule has 0 bridgehead atoms. The summed E-state index contributed by atoms with van der Waals surface area (Å²) in [6.45, 7) is 2.74. The van der Waals surface area contributed by atoms with E-state index in [1.165, 1.54) is 12.1 Å². The van der Waals surface area contributed by atoms with Gasteiger partial charge in [-0.15, -0.1) is 0 Å². The fourth-order valence-electron chi connectivity index (χ4n) is 3.78. The molecule has 0 spiro atoms. The van der Waals surface area contributed by atoms with Crippen molar-refractivity contribution in [1.29, 1.82) is 0 Å². The molecule has 0 unspecified atom stereocenters. The van der Waals surface area contributed by atoms with Gasteiger partial charge in [0.15, 0.2) is 0 Å². The smallest absolute Gasteiger partial charge is 0.269 e. The number of aromatic nitrogens is 1. The number of carbonyl (C=O) groups is 1. The van der Waals surface area contributed by atoms with Gasteiger partial charge in [0.1, 0.15) is 6.61 Å². The van der Waals surface area contributed by atoms with E-state index in [0.29, 0.717) is 37.6 Å². The van der Waals surface area contributed by atoms with E-state index < -0.39 is 10.3 Å². The van der Waals surface area contributed by atoms with Gasteiger partial charge in [-0.2, -0.15) is 0 Å². The number of methoxy groups -OCH3 is 1. The number of rotatable bonds is 8. The van der Waals surface area contributed by atoms with Crippen LogP contribution in [0.1, 0.15) is 36.8 Å². The van der Waals surface area contributed by atoms with Gasteiger partial charge in [0.05, 0.1) is 28.8 Å². The largest absolute Gasteiger partial charge is 0.475 e. The Hall–Kier alpha value is -3.00. The van der Waals surface area contributed by atoms with Gasteiger partial charge in [0, 0.05) is 24.8 Å². The highest BCUT2D eigenvalue weighted by atomic mass is 16.6. The molecule has 0 atom stereocenters. The van der Waals surface area contributed by atoms with Gasteiger partial charge in [-0.05, 0) is 31.4 Å². The summed E-state index contributed by atoms with van der Waals surface area (Å²) in [6, 6.07) is 8.13. The molecule has 1 aromatic carbocycles. The lowest BCUT2D eigenvalue weighted by molar-refractivity contribution is -0.384. The molecular weight excluding hydrogens is 374 g/mol.